The number of rotatable bonds is 12. The Hall–Kier alpha value is -4.89. The summed E-state index contributed by atoms with van der Waals surface area (Å²) in [5.74, 6) is -2.70. The van der Waals surface area contributed by atoms with E-state index >= 15 is 0 Å². The molecule has 0 saturated carbocycles. The molecule has 1 N–H and O–H groups in total. The molecular formula is C35H33F2NO6. The predicted octanol–water partition coefficient (Wildman–Crippen LogP) is 6.93. The lowest BCUT2D eigenvalue weighted by atomic mass is 9.94. The van der Waals surface area contributed by atoms with Crippen molar-refractivity contribution >= 4 is 23.8 Å². The highest BCUT2D eigenvalue weighted by Crippen LogP contribution is 2.43. The number of nitrogens with zero attached hydrogens (tertiary/aromatic N) is 1. The zero-order valence-electron chi connectivity index (χ0n) is 24.6. The molecule has 1 atom stereocenters. The number of allylic oxidation sites excluding steroid dienone is 1. The van der Waals surface area contributed by atoms with E-state index in [4.69, 9.17) is 4.74 Å². The minimum atomic E-state index is -1.24. The molecule has 0 amide bonds. The Kier molecular flexibility index (Phi) is 10.6. The van der Waals surface area contributed by atoms with E-state index < -0.39 is 35.5 Å². The normalized spacial score (nSPS) is 12.0. The monoisotopic (exact) mass is 601 g/mol. The van der Waals surface area contributed by atoms with Gasteiger partial charge in [-0.15, -0.1) is 0 Å². The van der Waals surface area contributed by atoms with Gasteiger partial charge in [0, 0.05) is 23.6 Å². The lowest BCUT2D eigenvalue weighted by molar-refractivity contribution is -0.143. The topological polar surface area (TPSA) is 94.8 Å². The summed E-state index contributed by atoms with van der Waals surface area (Å²) in [5.41, 5.74) is 3.35. The van der Waals surface area contributed by atoms with E-state index in [1.54, 1.807) is 16.7 Å². The number of methoxy groups -OCH3 is 1. The van der Waals surface area contributed by atoms with Crippen molar-refractivity contribution in [2.45, 2.75) is 45.4 Å². The quantitative estimate of drug-likeness (QED) is 0.140. The molecule has 0 aliphatic rings. The van der Waals surface area contributed by atoms with Crippen molar-refractivity contribution in [3.05, 3.63) is 114 Å². The van der Waals surface area contributed by atoms with E-state index in [2.05, 4.69) is 4.74 Å². The van der Waals surface area contributed by atoms with Gasteiger partial charge in [-0.1, -0.05) is 54.6 Å². The van der Waals surface area contributed by atoms with E-state index in [1.807, 2.05) is 44.2 Å². The summed E-state index contributed by atoms with van der Waals surface area (Å²) in [4.78, 5) is 38.3. The third-order valence-electron chi connectivity index (χ3n) is 6.93. The Morgan fingerprint density at radius 2 is 1.41 bits per heavy atom. The zero-order valence-corrected chi connectivity index (χ0v) is 24.6. The highest BCUT2D eigenvalue weighted by molar-refractivity contribution is 6.05. The molecule has 0 aliphatic carbocycles. The standard InChI is InChI=1S/C35H33F2NO6/c1-22(2)38-30(18-17-28(39)19-29(40)20-31(41)43-3)32(24-9-13-26(36)14-10-24)33(25-11-15-27(37)16-12-25)34(38)35(42)44-21-23-7-5-4-6-8-23/h4-18,22,29,40H,19-21H2,1-3H3/b18-17+/t29-/m1/s1. The van der Waals surface area contributed by atoms with Crippen molar-refractivity contribution in [1.29, 1.82) is 0 Å². The van der Waals surface area contributed by atoms with Gasteiger partial charge in [-0.3, -0.25) is 9.59 Å². The van der Waals surface area contributed by atoms with E-state index in [0.717, 1.165) is 5.56 Å². The van der Waals surface area contributed by atoms with E-state index in [9.17, 15) is 28.3 Å². The Morgan fingerprint density at radius 1 is 0.841 bits per heavy atom. The number of aliphatic hydroxyl groups is 1. The molecule has 0 saturated heterocycles. The molecule has 228 valence electrons. The second kappa shape index (κ2) is 14.5. The van der Waals surface area contributed by atoms with Crippen LogP contribution < -0.4 is 0 Å². The maximum absolute atomic E-state index is 14.0. The number of hydrogen-bond donors (Lipinski definition) is 1. The Bertz CT molecular complexity index is 1640. The van der Waals surface area contributed by atoms with Gasteiger partial charge in [0.25, 0.3) is 0 Å². The van der Waals surface area contributed by atoms with Crippen molar-refractivity contribution in [2.24, 2.45) is 0 Å². The number of aromatic nitrogens is 1. The number of carbonyl (C=O) groups is 3. The van der Waals surface area contributed by atoms with Gasteiger partial charge in [0.15, 0.2) is 5.78 Å². The number of esters is 2. The molecule has 4 rings (SSSR count). The molecule has 0 spiro atoms. The summed E-state index contributed by atoms with van der Waals surface area (Å²) in [6, 6.07) is 20.1. The molecule has 0 bridgehead atoms. The van der Waals surface area contributed by atoms with E-state index in [1.165, 1.54) is 55.7 Å². The van der Waals surface area contributed by atoms with Crippen LogP contribution in [0.25, 0.3) is 28.3 Å². The van der Waals surface area contributed by atoms with E-state index in [-0.39, 0.29) is 31.2 Å². The van der Waals surface area contributed by atoms with E-state index in [0.29, 0.717) is 27.9 Å². The molecule has 7 nitrogen and oxygen atoms in total. The third-order valence-corrected chi connectivity index (χ3v) is 6.93. The average molecular weight is 602 g/mol. The summed E-state index contributed by atoms with van der Waals surface area (Å²) in [6.07, 6.45) is 0.857. The van der Waals surface area contributed by atoms with Crippen LogP contribution in [0.2, 0.25) is 0 Å². The second-order valence-electron chi connectivity index (χ2n) is 10.5. The van der Waals surface area contributed by atoms with Gasteiger partial charge in [-0.2, -0.15) is 0 Å². The van der Waals surface area contributed by atoms with Crippen molar-refractivity contribution in [2.75, 3.05) is 7.11 Å². The van der Waals surface area contributed by atoms with Crippen LogP contribution in [0.4, 0.5) is 8.78 Å². The van der Waals surface area contributed by atoms with Gasteiger partial charge < -0.3 is 19.1 Å². The molecule has 9 heteroatoms. The Labute approximate surface area is 254 Å². The number of ketones is 1. The van der Waals surface area contributed by atoms with Crippen molar-refractivity contribution in [3.63, 3.8) is 0 Å². The largest absolute Gasteiger partial charge is 0.469 e. The molecular weight excluding hydrogens is 568 g/mol. The molecule has 4 aromatic rings. The molecule has 1 heterocycles. The van der Waals surface area contributed by atoms with Gasteiger partial charge in [-0.25, -0.2) is 13.6 Å². The average Bonchev–Trinajstić information content (AvgIpc) is 3.35. The number of carbonyl (C=O) groups excluding carboxylic acids is 3. The van der Waals surface area contributed by atoms with Crippen LogP contribution in [0, 0.1) is 11.6 Å². The number of ether oxygens (including phenoxy) is 2. The van der Waals surface area contributed by atoms with Gasteiger partial charge in [-0.05, 0) is 67.0 Å². The molecule has 44 heavy (non-hydrogen) atoms. The zero-order chi connectivity index (χ0) is 31.8. The second-order valence-corrected chi connectivity index (χ2v) is 10.5. The summed E-state index contributed by atoms with van der Waals surface area (Å²) in [6.45, 7) is 3.71. The molecule has 0 radical (unpaired) electrons. The SMILES string of the molecule is COC(=O)C[C@H](O)CC(=O)/C=C/c1c(-c2ccc(F)cc2)c(-c2ccc(F)cc2)c(C(=O)OCc2ccccc2)n1C(C)C. The fraction of sp³-hybridized carbons (Fsp3) is 0.229. The van der Waals surface area contributed by atoms with Crippen LogP contribution in [0.1, 0.15) is 54.5 Å². The summed E-state index contributed by atoms with van der Waals surface area (Å²) < 4.78 is 40.1. The number of hydrogen-bond acceptors (Lipinski definition) is 6. The van der Waals surface area contributed by atoms with Crippen molar-refractivity contribution in [3.8, 4) is 22.3 Å². The maximum Gasteiger partial charge on any atom is 0.355 e. The minimum absolute atomic E-state index is 0.000566. The van der Waals surface area contributed by atoms with Gasteiger partial charge in [0.2, 0.25) is 0 Å². The Balaban J connectivity index is 1.91. The van der Waals surface area contributed by atoms with Crippen molar-refractivity contribution < 1.29 is 37.7 Å². The third kappa shape index (κ3) is 7.73. The summed E-state index contributed by atoms with van der Waals surface area (Å²) in [7, 11) is 1.19. The van der Waals surface area contributed by atoms with Crippen LogP contribution >= 0.6 is 0 Å². The van der Waals surface area contributed by atoms with Crippen LogP contribution in [0.15, 0.2) is 84.9 Å². The highest BCUT2D eigenvalue weighted by Gasteiger charge is 2.30. The minimum Gasteiger partial charge on any atom is -0.469 e. The first-order valence-corrected chi connectivity index (χ1v) is 14.1. The molecule has 0 fully saturated rings. The first-order valence-electron chi connectivity index (χ1n) is 14.1. The van der Waals surface area contributed by atoms with Gasteiger partial charge in [0.1, 0.15) is 23.9 Å². The van der Waals surface area contributed by atoms with Crippen LogP contribution in [0.5, 0.6) is 0 Å². The smallest absolute Gasteiger partial charge is 0.355 e. The first kappa shape index (κ1) is 32.0. The predicted molar refractivity (Wildman–Crippen MR) is 162 cm³/mol. The number of aliphatic hydroxyl groups excluding tert-OH is 1. The molecule has 3 aromatic carbocycles. The summed E-state index contributed by atoms with van der Waals surface area (Å²) in [5, 5.41) is 10.2. The number of halogens is 2. The van der Waals surface area contributed by atoms with Crippen LogP contribution in [-0.4, -0.2) is 40.6 Å². The van der Waals surface area contributed by atoms with Crippen LogP contribution in [-0.2, 0) is 25.7 Å². The highest BCUT2D eigenvalue weighted by atomic mass is 19.1. The fourth-order valence-corrected chi connectivity index (χ4v) is 4.93. The van der Waals surface area contributed by atoms with Gasteiger partial charge >= 0.3 is 11.9 Å². The molecule has 0 aliphatic heterocycles. The first-order chi connectivity index (χ1) is 21.1. The molecule has 1 aromatic heterocycles. The lowest BCUT2D eigenvalue weighted by Crippen LogP contribution is -2.18. The lowest BCUT2D eigenvalue weighted by Gasteiger charge is -2.16. The van der Waals surface area contributed by atoms with Crippen molar-refractivity contribution in [1.82, 2.24) is 4.57 Å². The Morgan fingerprint density at radius 3 is 1.95 bits per heavy atom. The van der Waals surface area contributed by atoms with Crippen LogP contribution in [0.3, 0.4) is 0 Å². The number of benzene rings is 3. The van der Waals surface area contributed by atoms with Gasteiger partial charge in [0.05, 0.1) is 25.3 Å². The maximum atomic E-state index is 14.0. The molecule has 0 unspecified atom stereocenters. The fourth-order valence-electron chi connectivity index (χ4n) is 4.93. The summed E-state index contributed by atoms with van der Waals surface area (Å²) >= 11 is 0.